The molecule has 1 aliphatic rings. The SMILES string of the molecule is C1CO1.OCC(CO)(CO)CCOCCC(CO)(CO)CO. The quantitative estimate of drug-likeness (QED) is 0.174. The molecule has 0 radical (unpaired) electrons. The second-order valence-corrected chi connectivity index (χ2v) is 5.67. The number of aliphatic hydroxyl groups is 6. The van der Waals surface area contributed by atoms with Crippen LogP contribution in [0.1, 0.15) is 12.8 Å². The first-order chi connectivity index (χ1) is 10.6. The minimum absolute atomic E-state index is 0.222. The van der Waals surface area contributed by atoms with E-state index in [1.54, 1.807) is 0 Å². The molecule has 0 bridgehead atoms. The van der Waals surface area contributed by atoms with E-state index in [1.807, 2.05) is 0 Å². The molecule has 0 spiro atoms. The zero-order valence-electron chi connectivity index (χ0n) is 13.0. The Hall–Kier alpha value is -0.320. The number of epoxide rings is 1. The van der Waals surface area contributed by atoms with Crippen molar-refractivity contribution in [3.63, 3.8) is 0 Å². The number of hydrogen-bond donors (Lipinski definition) is 6. The number of ether oxygens (including phenoxy) is 2. The molecule has 134 valence electrons. The van der Waals surface area contributed by atoms with Crippen LogP contribution in [0.3, 0.4) is 0 Å². The van der Waals surface area contributed by atoms with Crippen LogP contribution in [0.15, 0.2) is 0 Å². The van der Waals surface area contributed by atoms with Gasteiger partial charge in [-0.25, -0.2) is 0 Å². The Kier molecular flexibility index (Phi) is 12.0. The molecule has 0 atom stereocenters. The third-order valence-corrected chi connectivity index (χ3v) is 3.77. The van der Waals surface area contributed by atoms with E-state index in [9.17, 15) is 0 Å². The highest BCUT2D eigenvalue weighted by atomic mass is 16.6. The van der Waals surface area contributed by atoms with E-state index in [1.165, 1.54) is 0 Å². The van der Waals surface area contributed by atoms with Crippen LogP contribution in [-0.2, 0) is 9.47 Å². The molecular weight excluding hydrogens is 296 g/mol. The van der Waals surface area contributed by atoms with Crippen LogP contribution in [0, 0.1) is 10.8 Å². The van der Waals surface area contributed by atoms with E-state index in [-0.39, 0.29) is 52.9 Å². The number of hydrogen-bond acceptors (Lipinski definition) is 8. The summed E-state index contributed by atoms with van der Waals surface area (Å²) in [5.41, 5.74) is -1.91. The summed E-state index contributed by atoms with van der Waals surface area (Å²) in [6.07, 6.45) is 0.585. The lowest BCUT2D eigenvalue weighted by Gasteiger charge is -2.28. The Morgan fingerprint density at radius 2 is 0.909 bits per heavy atom. The average molecular weight is 326 g/mol. The first-order valence-corrected chi connectivity index (χ1v) is 7.38. The lowest BCUT2D eigenvalue weighted by Crippen LogP contribution is -2.36. The van der Waals surface area contributed by atoms with E-state index in [0.29, 0.717) is 12.8 Å². The second kappa shape index (κ2) is 12.1. The molecule has 8 heteroatoms. The van der Waals surface area contributed by atoms with Crippen LogP contribution < -0.4 is 0 Å². The monoisotopic (exact) mass is 326 g/mol. The zero-order valence-corrected chi connectivity index (χ0v) is 13.0. The fourth-order valence-electron chi connectivity index (χ4n) is 1.45. The summed E-state index contributed by atoms with van der Waals surface area (Å²) in [5.74, 6) is 0. The maximum atomic E-state index is 9.10. The van der Waals surface area contributed by atoms with Gasteiger partial charge in [-0.15, -0.1) is 0 Å². The highest BCUT2D eigenvalue weighted by molar-refractivity contribution is 4.78. The van der Waals surface area contributed by atoms with Crippen molar-refractivity contribution in [1.29, 1.82) is 0 Å². The zero-order chi connectivity index (χ0) is 16.9. The Morgan fingerprint density at radius 1 is 0.636 bits per heavy atom. The third kappa shape index (κ3) is 8.35. The van der Waals surface area contributed by atoms with Crippen LogP contribution in [0.5, 0.6) is 0 Å². The Balaban J connectivity index is 0.00000129. The van der Waals surface area contributed by atoms with Crippen molar-refractivity contribution in [3.05, 3.63) is 0 Å². The first-order valence-electron chi connectivity index (χ1n) is 7.38. The maximum Gasteiger partial charge on any atom is 0.0701 e. The van der Waals surface area contributed by atoms with Crippen LogP contribution in [0.25, 0.3) is 0 Å². The van der Waals surface area contributed by atoms with Gasteiger partial charge >= 0.3 is 0 Å². The molecule has 0 amide bonds. The predicted molar refractivity (Wildman–Crippen MR) is 78.3 cm³/mol. The summed E-state index contributed by atoms with van der Waals surface area (Å²) in [6, 6.07) is 0. The lowest BCUT2D eigenvalue weighted by atomic mass is 9.87. The molecule has 6 N–H and O–H groups in total. The van der Waals surface area contributed by atoms with Gasteiger partial charge in [-0.1, -0.05) is 0 Å². The molecule has 0 aliphatic carbocycles. The summed E-state index contributed by atoms with van der Waals surface area (Å²) < 4.78 is 9.79. The standard InChI is InChI=1S/C12H26O7.C2H4O/c13-5-11(6-14,7-15)1-3-19-4-2-12(8-16,9-17)10-18;1-2-3-1/h13-18H,1-10H2;1-2H2. The van der Waals surface area contributed by atoms with Gasteiger partial charge in [-0.05, 0) is 12.8 Å². The molecular formula is C14H30O8. The van der Waals surface area contributed by atoms with Crippen molar-refractivity contribution in [2.75, 3.05) is 66.1 Å². The van der Waals surface area contributed by atoms with Gasteiger partial charge in [-0.3, -0.25) is 0 Å². The molecule has 1 saturated heterocycles. The van der Waals surface area contributed by atoms with Gasteiger partial charge in [0.05, 0.1) is 52.9 Å². The molecule has 22 heavy (non-hydrogen) atoms. The van der Waals surface area contributed by atoms with Crippen molar-refractivity contribution >= 4 is 0 Å². The highest BCUT2D eigenvalue weighted by Gasteiger charge is 2.29. The van der Waals surface area contributed by atoms with Crippen molar-refractivity contribution in [2.24, 2.45) is 10.8 Å². The van der Waals surface area contributed by atoms with Gasteiger partial charge < -0.3 is 40.1 Å². The van der Waals surface area contributed by atoms with E-state index < -0.39 is 10.8 Å². The van der Waals surface area contributed by atoms with Crippen molar-refractivity contribution < 1.29 is 40.1 Å². The van der Waals surface area contributed by atoms with Crippen molar-refractivity contribution in [3.8, 4) is 0 Å². The Labute approximate surface area is 130 Å². The molecule has 1 heterocycles. The van der Waals surface area contributed by atoms with Crippen LogP contribution in [-0.4, -0.2) is 96.7 Å². The molecule has 0 aromatic rings. The normalized spacial score (nSPS) is 14.5. The van der Waals surface area contributed by atoms with Gasteiger partial charge in [0.25, 0.3) is 0 Å². The molecule has 0 unspecified atom stereocenters. The summed E-state index contributed by atoms with van der Waals surface area (Å²) in [6.45, 7) is 0.428. The first kappa shape index (κ1) is 21.7. The smallest absolute Gasteiger partial charge is 0.0701 e. The summed E-state index contributed by atoms with van der Waals surface area (Å²) in [5, 5.41) is 54.6. The van der Waals surface area contributed by atoms with E-state index in [4.69, 9.17) is 35.4 Å². The highest BCUT2D eigenvalue weighted by Crippen LogP contribution is 2.22. The summed E-state index contributed by atoms with van der Waals surface area (Å²) in [7, 11) is 0. The third-order valence-electron chi connectivity index (χ3n) is 3.77. The minimum atomic E-state index is -0.956. The van der Waals surface area contributed by atoms with E-state index in [0.717, 1.165) is 13.2 Å². The van der Waals surface area contributed by atoms with Crippen molar-refractivity contribution in [1.82, 2.24) is 0 Å². The van der Waals surface area contributed by atoms with Crippen LogP contribution >= 0.6 is 0 Å². The lowest BCUT2D eigenvalue weighted by molar-refractivity contribution is -0.0395. The number of rotatable bonds is 12. The fourth-order valence-corrected chi connectivity index (χ4v) is 1.45. The largest absolute Gasteiger partial charge is 0.396 e. The van der Waals surface area contributed by atoms with Gasteiger partial charge in [-0.2, -0.15) is 0 Å². The molecule has 1 rings (SSSR count). The van der Waals surface area contributed by atoms with E-state index >= 15 is 0 Å². The van der Waals surface area contributed by atoms with Gasteiger partial charge in [0, 0.05) is 24.0 Å². The average Bonchev–Trinajstić information content (AvgIpc) is 3.45. The fraction of sp³-hybridized carbons (Fsp3) is 1.00. The summed E-state index contributed by atoms with van der Waals surface area (Å²) in [4.78, 5) is 0. The summed E-state index contributed by atoms with van der Waals surface area (Å²) >= 11 is 0. The maximum absolute atomic E-state index is 9.10. The number of aliphatic hydroxyl groups excluding tert-OH is 6. The molecule has 0 aromatic carbocycles. The Bertz CT molecular complexity index is 210. The van der Waals surface area contributed by atoms with E-state index in [2.05, 4.69) is 4.74 Å². The van der Waals surface area contributed by atoms with Crippen molar-refractivity contribution in [2.45, 2.75) is 12.8 Å². The predicted octanol–water partition coefficient (Wildman–Crippen LogP) is -2.27. The molecule has 0 aromatic heterocycles. The molecule has 0 saturated carbocycles. The van der Waals surface area contributed by atoms with Crippen LogP contribution in [0.2, 0.25) is 0 Å². The molecule has 1 aliphatic heterocycles. The minimum Gasteiger partial charge on any atom is -0.396 e. The van der Waals surface area contributed by atoms with Gasteiger partial charge in [0.2, 0.25) is 0 Å². The van der Waals surface area contributed by atoms with Gasteiger partial charge in [0.15, 0.2) is 0 Å². The topological polar surface area (TPSA) is 143 Å². The van der Waals surface area contributed by atoms with Crippen LogP contribution in [0.4, 0.5) is 0 Å². The van der Waals surface area contributed by atoms with Gasteiger partial charge in [0.1, 0.15) is 0 Å². The molecule has 8 nitrogen and oxygen atoms in total. The second-order valence-electron chi connectivity index (χ2n) is 5.67. The Morgan fingerprint density at radius 3 is 1.09 bits per heavy atom. The molecule has 1 fully saturated rings.